The maximum atomic E-state index is 12.6. The zero-order valence-electron chi connectivity index (χ0n) is 34.1. The van der Waals surface area contributed by atoms with E-state index >= 15 is 0 Å². The molecule has 0 fully saturated rings. The van der Waals surface area contributed by atoms with Crippen molar-refractivity contribution in [3.63, 3.8) is 0 Å². The molecule has 328 valence electrons. The Kier molecular flexibility index (Phi) is 35.3. The first-order chi connectivity index (χ1) is 26.8. The van der Waals surface area contributed by atoms with E-state index in [-0.39, 0.29) is 12.8 Å². The number of esters is 2. The number of carbonyl (C=O) groups excluding carboxylic acids is 2. The summed E-state index contributed by atoms with van der Waals surface area (Å²) in [6.45, 7) is 1.51. The Morgan fingerprint density at radius 2 is 1.11 bits per heavy atom. The van der Waals surface area contributed by atoms with Crippen LogP contribution < -0.4 is 0 Å². The molecule has 0 aromatic carbocycles. The summed E-state index contributed by atoms with van der Waals surface area (Å²) in [7, 11) is -9.70. The number of unbranched alkanes of at least 4 members (excludes halogenated alkanes) is 16. The number of phosphoric ester groups is 2. The summed E-state index contributed by atoms with van der Waals surface area (Å²) < 4.78 is 47.6. The van der Waals surface area contributed by atoms with E-state index in [0.29, 0.717) is 19.3 Å². The first-order valence-electron chi connectivity index (χ1n) is 20.8. The largest absolute Gasteiger partial charge is 0.472 e. The lowest BCUT2D eigenvalue weighted by Crippen LogP contribution is -2.30. The van der Waals surface area contributed by atoms with E-state index in [1.807, 2.05) is 18.2 Å². The summed E-state index contributed by atoms with van der Waals surface area (Å²) in [5, 5.41) is 19.9. The molecule has 2 unspecified atom stereocenters. The van der Waals surface area contributed by atoms with Crippen molar-refractivity contribution in [3.8, 4) is 0 Å². The van der Waals surface area contributed by atoms with Crippen LogP contribution in [0.5, 0.6) is 0 Å². The minimum Gasteiger partial charge on any atom is -0.462 e. The Morgan fingerprint density at radius 3 is 1.68 bits per heavy atom. The first-order valence-corrected chi connectivity index (χ1v) is 23.8. The van der Waals surface area contributed by atoms with Crippen LogP contribution >= 0.6 is 15.6 Å². The van der Waals surface area contributed by atoms with Gasteiger partial charge in [0.1, 0.15) is 12.7 Å². The van der Waals surface area contributed by atoms with Gasteiger partial charge in [-0.3, -0.25) is 23.2 Å². The molecule has 0 aliphatic carbocycles. The van der Waals surface area contributed by atoms with Crippen molar-refractivity contribution in [1.82, 2.24) is 0 Å². The summed E-state index contributed by atoms with van der Waals surface area (Å²) in [6, 6.07) is 0. The smallest absolute Gasteiger partial charge is 0.462 e. The van der Waals surface area contributed by atoms with Crippen molar-refractivity contribution >= 4 is 27.6 Å². The van der Waals surface area contributed by atoms with E-state index < -0.39 is 72.3 Å². The number of ether oxygens (including phenoxy) is 2. The van der Waals surface area contributed by atoms with E-state index in [0.717, 1.165) is 57.8 Å². The molecule has 16 heteroatoms. The number of hydrogen-bond donors (Lipinski definition) is 5. The van der Waals surface area contributed by atoms with Gasteiger partial charge < -0.3 is 34.4 Å². The molecule has 0 rings (SSSR count). The Bertz CT molecular complexity index is 1160. The van der Waals surface area contributed by atoms with Gasteiger partial charge in [-0.2, -0.15) is 0 Å². The van der Waals surface area contributed by atoms with E-state index in [1.54, 1.807) is 6.08 Å². The summed E-state index contributed by atoms with van der Waals surface area (Å²) in [6.07, 6.45) is 30.2. The van der Waals surface area contributed by atoms with Crippen LogP contribution in [0.4, 0.5) is 0 Å². The van der Waals surface area contributed by atoms with Crippen molar-refractivity contribution in [2.45, 2.75) is 180 Å². The van der Waals surface area contributed by atoms with E-state index in [9.17, 15) is 33.8 Å². The van der Waals surface area contributed by atoms with Crippen molar-refractivity contribution in [3.05, 3.63) is 36.5 Å². The molecule has 0 aliphatic rings. The monoisotopic (exact) mass is 840 g/mol. The molecule has 0 heterocycles. The Morgan fingerprint density at radius 1 is 0.589 bits per heavy atom. The number of aliphatic hydroxyl groups is 2. The molecule has 0 spiro atoms. The quantitative estimate of drug-likeness (QED) is 0.0128. The van der Waals surface area contributed by atoms with Crippen molar-refractivity contribution in [1.29, 1.82) is 0 Å². The molecule has 5 N–H and O–H groups in total. The van der Waals surface area contributed by atoms with Crippen LogP contribution in [0.15, 0.2) is 36.5 Å². The van der Waals surface area contributed by atoms with Crippen LogP contribution in [-0.2, 0) is 41.8 Å². The fourth-order valence-corrected chi connectivity index (χ4v) is 6.63. The Hall–Kier alpha value is -1.70. The second-order valence-corrected chi connectivity index (χ2v) is 16.8. The van der Waals surface area contributed by atoms with Gasteiger partial charge >= 0.3 is 27.6 Å². The van der Waals surface area contributed by atoms with Gasteiger partial charge in [-0.1, -0.05) is 153 Å². The zero-order valence-corrected chi connectivity index (χ0v) is 35.9. The van der Waals surface area contributed by atoms with Crippen LogP contribution in [0, 0.1) is 0 Å². The second-order valence-electron chi connectivity index (χ2n) is 14.1. The molecule has 56 heavy (non-hydrogen) atoms. The molecular weight excluding hydrogens is 766 g/mol. The zero-order chi connectivity index (χ0) is 41.8. The van der Waals surface area contributed by atoms with E-state index in [2.05, 4.69) is 35.0 Å². The number of rotatable bonds is 39. The molecule has 0 aliphatic heterocycles. The van der Waals surface area contributed by atoms with Gasteiger partial charge in [0, 0.05) is 12.8 Å². The van der Waals surface area contributed by atoms with E-state index in [4.69, 9.17) is 23.8 Å². The molecule has 0 aromatic rings. The van der Waals surface area contributed by atoms with Crippen LogP contribution in [0.25, 0.3) is 0 Å². The van der Waals surface area contributed by atoms with Gasteiger partial charge in [0.25, 0.3) is 0 Å². The molecular formula is C40H74O14P2. The normalized spacial score (nSPS) is 15.1. The number of hydrogen-bond acceptors (Lipinski definition) is 11. The molecule has 0 radical (unpaired) electrons. The third-order valence-electron chi connectivity index (χ3n) is 8.64. The summed E-state index contributed by atoms with van der Waals surface area (Å²) in [5.41, 5.74) is 0. The molecule has 4 atom stereocenters. The topological polar surface area (TPSA) is 216 Å². The third kappa shape index (κ3) is 39.1. The number of carbonyl (C=O) groups is 2. The lowest BCUT2D eigenvalue weighted by molar-refractivity contribution is -0.161. The highest BCUT2D eigenvalue weighted by Crippen LogP contribution is 2.43. The standard InChI is InChI=1S/C40H74O14P2/c1-3-5-7-9-11-12-13-14-15-16-18-22-26-30-39(43)50-34-38(35-53-56(48,49)52-33-37(42)32-51-55(45,46)47)54-40(44)31-27-23-19-21-25-29-36(41)28-24-20-17-10-8-6-4-2/h6,8,17,20,24,28,36-38,41-42H,3-5,7,9-16,18-19,21-23,25-27,29-35H2,1-2H3,(H,48,49)(H2,45,46,47)/b8-6+,20-17+,28-24+/t36?,37-,38+/m0/s1. The molecule has 0 saturated carbocycles. The maximum Gasteiger partial charge on any atom is 0.472 e. The van der Waals surface area contributed by atoms with Crippen molar-refractivity contribution in [2.24, 2.45) is 0 Å². The van der Waals surface area contributed by atoms with Crippen molar-refractivity contribution < 1.29 is 66.7 Å². The maximum absolute atomic E-state index is 12.6. The highest BCUT2D eigenvalue weighted by Gasteiger charge is 2.28. The van der Waals surface area contributed by atoms with Gasteiger partial charge in [0.2, 0.25) is 0 Å². The van der Waals surface area contributed by atoms with Crippen molar-refractivity contribution in [2.75, 3.05) is 26.4 Å². The number of aliphatic hydroxyl groups excluding tert-OH is 2. The Balaban J connectivity index is 4.63. The lowest BCUT2D eigenvalue weighted by atomic mass is 10.0. The van der Waals surface area contributed by atoms with E-state index in [1.165, 1.54) is 57.8 Å². The SMILES string of the molecule is CC/C=C/C/C=C/C=C/C(O)CCCCCCCC(=O)O[C@H](COC(=O)CCCCCCCCCCCCCCC)COP(=O)(O)OC[C@@H](O)COP(=O)(O)O. The third-order valence-corrected chi connectivity index (χ3v) is 10.1. The summed E-state index contributed by atoms with van der Waals surface area (Å²) >= 11 is 0. The molecule has 14 nitrogen and oxygen atoms in total. The van der Waals surface area contributed by atoms with Crippen LogP contribution in [0.3, 0.4) is 0 Å². The average molecular weight is 841 g/mol. The summed E-state index contributed by atoms with van der Waals surface area (Å²) in [5.74, 6) is -1.11. The van der Waals surface area contributed by atoms with Gasteiger partial charge in [0.15, 0.2) is 6.10 Å². The second kappa shape index (κ2) is 36.4. The molecule has 0 bridgehead atoms. The number of phosphoric acid groups is 2. The predicted molar refractivity (Wildman–Crippen MR) is 218 cm³/mol. The highest BCUT2D eigenvalue weighted by molar-refractivity contribution is 7.47. The summed E-state index contributed by atoms with van der Waals surface area (Å²) in [4.78, 5) is 52.6. The average Bonchev–Trinajstić information content (AvgIpc) is 3.15. The fraction of sp³-hybridized carbons (Fsp3) is 0.800. The molecule has 0 amide bonds. The first kappa shape index (κ1) is 54.3. The molecule has 0 aromatic heterocycles. The van der Waals surface area contributed by atoms with Crippen LogP contribution in [0.2, 0.25) is 0 Å². The highest BCUT2D eigenvalue weighted by atomic mass is 31.2. The van der Waals surface area contributed by atoms with Gasteiger partial charge in [0.05, 0.1) is 25.9 Å². The molecule has 0 saturated heterocycles. The van der Waals surface area contributed by atoms with Crippen LogP contribution in [0.1, 0.15) is 162 Å². The number of allylic oxidation sites excluding steroid dienone is 5. The Labute approximate surface area is 336 Å². The van der Waals surface area contributed by atoms with Gasteiger partial charge in [-0.15, -0.1) is 0 Å². The van der Waals surface area contributed by atoms with Crippen LogP contribution in [-0.4, -0.2) is 81.6 Å². The minimum absolute atomic E-state index is 0.0631. The van der Waals surface area contributed by atoms with Gasteiger partial charge in [-0.05, 0) is 32.1 Å². The minimum atomic E-state index is -4.87. The van der Waals surface area contributed by atoms with Gasteiger partial charge in [-0.25, -0.2) is 9.13 Å². The lowest BCUT2D eigenvalue weighted by Gasteiger charge is -2.20. The predicted octanol–water partition coefficient (Wildman–Crippen LogP) is 9.09. The fourth-order valence-electron chi connectivity index (χ4n) is 5.47.